The van der Waals surface area contributed by atoms with Gasteiger partial charge in [0.25, 0.3) is 0 Å². The number of nitrogens with zero attached hydrogens (tertiary/aromatic N) is 3. The standard InChI is InChI=1S/C14H19N3/c1-12-10-16(2)7-8-17(12)11-14-5-3-13(9-15)4-6-14/h3-6,12H,7-8,10-11H2,1-2H3. The van der Waals surface area contributed by atoms with Crippen molar-refractivity contribution in [2.45, 2.75) is 19.5 Å². The highest BCUT2D eigenvalue weighted by Crippen LogP contribution is 2.13. The van der Waals surface area contributed by atoms with E-state index in [4.69, 9.17) is 5.26 Å². The molecule has 0 amide bonds. The van der Waals surface area contributed by atoms with Gasteiger partial charge in [-0.1, -0.05) is 12.1 Å². The molecule has 17 heavy (non-hydrogen) atoms. The van der Waals surface area contributed by atoms with E-state index in [0.29, 0.717) is 6.04 Å². The van der Waals surface area contributed by atoms with E-state index in [1.807, 2.05) is 12.1 Å². The lowest BCUT2D eigenvalue weighted by molar-refractivity contribution is 0.0938. The molecule has 0 spiro atoms. The topological polar surface area (TPSA) is 30.3 Å². The number of benzene rings is 1. The van der Waals surface area contributed by atoms with Crippen LogP contribution in [0.15, 0.2) is 24.3 Å². The van der Waals surface area contributed by atoms with Crippen LogP contribution in [0.25, 0.3) is 0 Å². The summed E-state index contributed by atoms with van der Waals surface area (Å²) in [4.78, 5) is 4.88. The lowest BCUT2D eigenvalue weighted by atomic mass is 10.1. The summed E-state index contributed by atoms with van der Waals surface area (Å²) < 4.78 is 0. The monoisotopic (exact) mass is 229 g/mol. The third-order valence-corrected chi connectivity index (χ3v) is 3.44. The molecule has 90 valence electrons. The number of hydrogen-bond donors (Lipinski definition) is 0. The first-order valence-electron chi connectivity index (χ1n) is 6.10. The van der Waals surface area contributed by atoms with Gasteiger partial charge < -0.3 is 4.90 Å². The van der Waals surface area contributed by atoms with Crippen LogP contribution in [0.4, 0.5) is 0 Å². The highest BCUT2D eigenvalue weighted by Gasteiger charge is 2.20. The predicted molar refractivity (Wildman–Crippen MR) is 68.5 cm³/mol. The zero-order chi connectivity index (χ0) is 12.3. The van der Waals surface area contributed by atoms with Gasteiger partial charge in [-0.25, -0.2) is 0 Å². The fourth-order valence-corrected chi connectivity index (χ4v) is 2.33. The second-order valence-corrected chi connectivity index (χ2v) is 4.89. The first-order chi connectivity index (χ1) is 8.19. The summed E-state index contributed by atoms with van der Waals surface area (Å²) in [5, 5.41) is 8.76. The summed E-state index contributed by atoms with van der Waals surface area (Å²) in [6, 6.07) is 10.7. The van der Waals surface area contributed by atoms with E-state index in [0.717, 1.165) is 31.7 Å². The molecule has 1 heterocycles. The third-order valence-electron chi connectivity index (χ3n) is 3.44. The molecule has 0 aliphatic carbocycles. The van der Waals surface area contributed by atoms with E-state index in [9.17, 15) is 0 Å². The van der Waals surface area contributed by atoms with Gasteiger partial charge in [-0.05, 0) is 31.7 Å². The molecule has 1 unspecified atom stereocenters. The highest BCUT2D eigenvalue weighted by atomic mass is 15.3. The fourth-order valence-electron chi connectivity index (χ4n) is 2.33. The number of likely N-dealkylation sites (N-methyl/N-ethyl adjacent to an activating group) is 1. The number of hydrogen-bond acceptors (Lipinski definition) is 3. The first-order valence-corrected chi connectivity index (χ1v) is 6.10. The summed E-state index contributed by atoms with van der Waals surface area (Å²) >= 11 is 0. The molecule has 1 atom stereocenters. The number of nitriles is 1. The normalized spacial score (nSPS) is 22.3. The van der Waals surface area contributed by atoms with E-state index in [-0.39, 0.29) is 0 Å². The average molecular weight is 229 g/mol. The van der Waals surface area contributed by atoms with Crippen LogP contribution in [0.2, 0.25) is 0 Å². The molecule has 0 aromatic heterocycles. The molecular formula is C14H19N3. The van der Waals surface area contributed by atoms with E-state index >= 15 is 0 Å². The Morgan fingerprint density at radius 1 is 1.29 bits per heavy atom. The van der Waals surface area contributed by atoms with Crippen LogP contribution in [0.1, 0.15) is 18.1 Å². The van der Waals surface area contributed by atoms with Gasteiger partial charge in [-0.3, -0.25) is 4.90 Å². The van der Waals surface area contributed by atoms with Crippen molar-refractivity contribution in [2.24, 2.45) is 0 Å². The largest absolute Gasteiger partial charge is 0.304 e. The second-order valence-electron chi connectivity index (χ2n) is 4.89. The van der Waals surface area contributed by atoms with E-state index < -0.39 is 0 Å². The van der Waals surface area contributed by atoms with Gasteiger partial charge in [-0.2, -0.15) is 5.26 Å². The summed E-state index contributed by atoms with van der Waals surface area (Å²) in [6.07, 6.45) is 0. The number of piperazine rings is 1. The van der Waals surface area contributed by atoms with Gasteiger partial charge in [0, 0.05) is 32.2 Å². The van der Waals surface area contributed by atoms with Gasteiger partial charge in [0.1, 0.15) is 0 Å². The molecule has 1 aromatic rings. The maximum absolute atomic E-state index is 8.76. The van der Waals surface area contributed by atoms with Crippen molar-refractivity contribution < 1.29 is 0 Å². The summed E-state index contributed by atoms with van der Waals surface area (Å²) in [7, 11) is 2.18. The van der Waals surface area contributed by atoms with Crippen LogP contribution in [-0.2, 0) is 6.54 Å². The van der Waals surface area contributed by atoms with Crippen molar-refractivity contribution in [2.75, 3.05) is 26.7 Å². The molecule has 1 aromatic carbocycles. The molecule has 3 nitrogen and oxygen atoms in total. The molecule has 0 bridgehead atoms. The number of rotatable bonds is 2. The molecule has 1 saturated heterocycles. The Morgan fingerprint density at radius 2 is 2.00 bits per heavy atom. The van der Waals surface area contributed by atoms with Gasteiger partial charge >= 0.3 is 0 Å². The van der Waals surface area contributed by atoms with Crippen molar-refractivity contribution >= 4 is 0 Å². The third kappa shape index (κ3) is 3.06. The first kappa shape index (κ1) is 12.1. The maximum Gasteiger partial charge on any atom is 0.0991 e. The smallest absolute Gasteiger partial charge is 0.0991 e. The van der Waals surface area contributed by atoms with Gasteiger partial charge in [0.15, 0.2) is 0 Å². The van der Waals surface area contributed by atoms with Crippen LogP contribution in [0.5, 0.6) is 0 Å². The lowest BCUT2D eigenvalue weighted by Gasteiger charge is -2.38. The molecule has 1 fully saturated rings. The van der Waals surface area contributed by atoms with E-state index in [1.54, 1.807) is 0 Å². The van der Waals surface area contributed by atoms with Crippen molar-refractivity contribution in [1.82, 2.24) is 9.80 Å². The molecule has 1 aliphatic heterocycles. The Balaban J connectivity index is 1.98. The Labute approximate surface area is 103 Å². The predicted octanol–water partition coefficient (Wildman–Crippen LogP) is 1.69. The van der Waals surface area contributed by atoms with Crippen LogP contribution in [-0.4, -0.2) is 42.5 Å². The van der Waals surface area contributed by atoms with Crippen LogP contribution in [0, 0.1) is 11.3 Å². The summed E-state index contributed by atoms with van der Waals surface area (Å²) in [6.45, 7) is 6.66. The Hall–Kier alpha value is -1.37. The van der Waals surface area contributed by atoms with Crippen molar-refractivity contribution in [3.63, 3.8) is 0 Å². The van der Waals surface area contributed by atoms with Crippen molar-refractivity contribution in [3.8, 4) is 6.07 Å². The van der Waals surface area contributed by atoms with Gasteiger partial charge in [0.2, 0.25) is 0 Å². The fraction of sp³-hybridized carbons (Fsp3) is 0.500. The molecule has 1 aliphatic rings. The Kier molecular flexibility index (Phi) is 3.78. The van der Waals surface area contributed by atoms with E-state index in [2.05, 4.69) is 42.0 Å². The SMILES string of the molecule is CC1CN(C)CCN1Cc1ccc(C#N)cc1. The second kappa shape index (κ2) is 5.31. The van der Waals surface area contributed by atoms with Gasteiger partial charge in [0.05, 0.1) is 11.6 Å². The lowest BCUT2D eigenvalue weighted by Crippen LogP contribution is -2.49. The Bertz CT molecular complexity index is 404. The minimum Gasteiger partial charge on any atom is -0.304 e. The highest BCUT2D eigenvalue weighted by molar-refractivity contribution is 5.31. The zero-order valence-electron chi connectivity index (χ0n) is 10.6. The molecule has 2 rings (SSSR count). The van der Waals surface area contributed by atoms with Crippen LogP contribution < -0.4 is 0 Å². The molecule has 0 saturated carbocycles. The summed E-state index contributed by atoms with van der Waals surface area (Å²) in [5.74, 6) is 0. The Morgan fingerprint density at radius 3 is 2.59 bits per heavy atom. The quantitative estimate of drug-likeness (QED) is 0.773. The van der Waals surface area contributed by atoms with Crippen LogP contribution in [0.3, 0.4) is 0 Å². The van der Waals surface area contributed by atoms with Gasteiger partial charge in [-0.15, -0.1) is 0 Å². The maximum atomic E-state index is 8.76. The van der Waals surface area contributed by atoms with E-state index in [1.165, 1.54) is 5.56 Å². The van der Waals surface area contributed by atoms with Crippen molar-refractivity contribution in [1.29, 1.82) is 5.26 Å². The van der Waals surface area contributed by atoms with Crippen molar-refractivity contribution in [3.05, 3.63) is 35.4 Å². The molecule has 3 heteroatoms. The molecule has 0 radical (unpaired) electrons. The molecular weight excluding hydrogens is 210 g/mol. The zero-order valence-corrected chi connectivity index (χ0v) is 10.6. The molecule has 0 N–H and O–H groups in total. The van der Waals surface area contributed by atoms with Crippen LogP contribution >= 0.6 is 0 Å². The minimum atomic E-state index is 0.601. The minimum absolute atomic E-state index is 0.601. The summed E-state index contributed by atoms with van der Waals surface area (Å²) in [5.41, 5.74) is 2.03. The average Bonchev–Trinajstić information content (AvgIpc) is 2.34.